The van der Waals surface area contributed by atoms with E-state index >= 15 is 0 Å². The van der Waals surface area contributed by atoms with E-state index < -0.39 is 0 Å². The van der Waals surface area contributed by atoms with Gasteiger partial charge in [0.15, 0.2) is 5.82 Å². The van der Waals surface area contributed by atoms with E-state index in [0.29, 0.717) is 31.1 Å². The average Bonchev–Trinajstić information content (AvgIpc) is 2.92. The Balaban J connectivity index is 1.54. The molecule has 0 aliphatic heterocycles. The normalized spacial score (nSPS) is 10.6. The SMILES string of the molecule is Cc1ccc(CSCCNC(=O)CCc2nc(C)no2)cc1. The largest absolute Gasteiger partial charge is 0.355 e. The van der Waals surface area contributed by atoms with Gasteiger partial charge in [-0.25, -0.2) is 0 Å². The van der Waals surface area contributed by atoms with Gasteiger partial charge in [-0.2, -0.15) is 16.7 Å². The third kappa shape index (κ3) is 5.89. The van der Waals surface area contributed by atoms with Gasteiger partial charge >= 0.3 is 0 Å². The lowest BCUT2D eigenvalue weighted by Crippen LogP contribution is -2.25. The van der Waals surface area contributed by atoms with Gasteiger partial charge in [-0.15, -0.1) is 0 Å². The molecule has 0 fully saturated rings. The zero-order chi connectivity index (χ0) is 15.8. The molecular weight excluding hydrogens is 298 g/mol. The molecule has 0 aliphatic rings. The molecule has 0 atom stereocenters. The molecule has 118 valence electrons. The number of aromatic nitrogens is 2. The highest BCUT2D eigenvalue weighted by atomic mass is 32.2. The third-order valence-electron chi connectivity index (χ3n) is 3.09. The van der Waals surface area contributed by atoms with Crippen molar-refractivity contribution in [2.45, 2.75) is 32.4 Å². The monoisotopic (exact) mass is 319 g/mol. The van der Waals surface area contributed by atoms with Crippen LogP contribution in [0.3, 0.4) is 0 Å². The first-order valence-electron chi connectivity index (χ1n) is 7.32. The van der Waals surface area contributed by atoms with Crippen molar-refractivity contribution in [3.63, 3.8) is 0 Å². The standard InChI is InChI=1S/C16H21N3O2S/c1-12-3-5-14(6-4-12)11-22-10-9-17-15(20)7-8-16-18-13(2)19-21-16/h3-6H,7-11H2,1-2H3,(H,17,20). The summed E-state index contributed by atoms with van der Waals surface area (Å²) < 4.78 is 4.97. The molecule has 0 spiro atoms. The number of nitrogens with one attached hydrogen (secondary N) is 1. The fourth-order valence-electron chi connectivity index (χ4n) is 1.89. The van der Waals surface area contributed by atoms with Crippen LogP contribution in [0.2, 0.25) is 0 Å². The zero-order valence-electron chi connectivity index (χ0n) is 13.0. The van der Waals surface area contributed by atoms with Crippen molar-refractivity contribution in [3.8, 4) is 0 Å². The number of carbonyl (C=O) groups excluding carboxylic acids is 1. The lowest BCUT2D eigenvalue weighted by atomic mass is 10.2. The first-order chi connectivity index (χ1) is 10.6. The van der Waals surface area contributed by atoms with Crippen LogP contribution in [0, 0.1) is 13.8 Å². The second kappa shape index (κ2) is 8.58. The fourth-order valence-corrected chi connectivity index (χ4v) is 2.71. The van der Waals surface area contributed by atoms with E-state index in [4.69, 9.17) is 4.52 Å². The number of hydrogen-bond acceptors (Lipinski definition) is 5. The highest BCUT2D eigenvalue weighted by molar-refractivity contribution is 7.98. The molecule has 1 N–H and O–H groups in total. The number of rotatable bonds is 8. The summed E-state index contributed by atoms with van der Waals surface area (Å²) >= 11 is 1.82. The first-order valence-corrected chi connectivity index (χ1v) is 8.48. The Morgan fingerprint density at radius 2 is 2.05 bits per heavy atom. The predicted octanol–water partition coefficient (Wildman–Crippen LogP) is 2.67. The highest BCUT2D eigenvalue weighted by Crippen LogP contribution is 2.12. The summed E-state index contributed by atoms with van der Waals surface area (Å²) in [5.41, 5.74) is 2.59. The number of thioether (sulfide) groups is 1. The number of hydrogen-bond donors (Lipinski definition) is 1. The summed E-state index contributed by atoms with van der Waals surface area (Å²) in [6.07, 6.45) is 0.868. The Labute approximate surface area is 134 Å². The van der Waals surface area contributed by atoms with Gasteiger partial charge in [0.2, 0.25) is 11.8 Å². The topological polar surface area (TPSA) is 68.0 Å². The van der Waals surface area contributed by atoms with Gasteiger partial charge in [0, 0.05) is 30.9 Å². The maximum Gasteiger partial charge on any atom is 0.227 e. The molecule has 1 heterocycles. The van der Waals surface area contributed by atoms with Crippen molar-refractivity contribution in [3.05, 3.63) is 47.1 Å². The molecule has 0 saturated carbocycles. The van der Waals surface area contributed by atoms with Crippen LogP contribution in [0.15, 0.2) is 28.8 Å². The summed E-state index contributed by atoms with van der Waals surface area (Å²) in [6, 6.07) is 8.54. The summed E-state index contributed by atoms with van der Waals surface area (Å²) in [6.45, 7) is 4.53. The van der Waals surface area contributed by atoms with Crippen LogP contribution >= 0.6 is 11.8 Å². The molecule has 0 saturated heterocycles. The van der Waals surface area contributed by atoms with E-state index in [1.807, 2.05) is 11.8 Å². The lowest BCUT2D eigenvalue weighted by Gasteiger charge is -2.05. The van der Waals surface area contributed by atoms with Gasteiger partial charge in [-0.3, -0.25) is 4.79 Å². The molecule has 22 heavy (non-hydrogen) atoms. The molecule has 0 radical (unpaired) electrons. The molecule has 0 aliphatic carbocycles. The summed E-state index contributed by atoms with van der Waals surface area (Å²) in [5.74, 6) is 3.01. The third-order valence-corrected chi connectivity index (χ3v) is 4.12. The van der Waals surface area contributed by atoms with Crippen molar-refractivity contribution in [2.75, 3.05) is 12.3 Å². The van der Waals surface area contributed by atoms with E-state index in [1.54, 1.807) is 6.92 Å². The zero-order valence-corrected chi connectivity index (χ0v) is 13.8. The molecule has 6 heteroatoms. The Morgan fingerprint density at radius 3 is 2.73 bits per heavy atom. The number of aryl methyl sites for hydroxylation is 3. The van der Waals surface area contributed by atoms with E-state index in [9.17, 15) is 4.79 Å². The van der Waals surface area contributed by atoms with Gasteiger partial charge < -0.3 is 9.84 Å². The predicted molar refractivity (Wildman–Crippen MR) is 87.7 cm³/mol. The van der Waals surface area contributed by atoms with E-state index in [1.165, 1.54) is 11.1 Å². The minimum absolute atomic E-state index is 0.0202. The average molecular weight is 319 g/mol. The van der Waals surface area contributed by atoms with Crippen molar-refractivity contribution >= 4 is 17.7 Å². The number of amides is 1. The van der Waals surface area contributed by atoms with Crippen LogP contribution in [0.1, 0.15) is 29.3 Å². The Hall–Kier alpha value is -1.82. The molecule has 5 nitrogen and oxygen atoms in total. The molecular formula is C16H21N3O2S. The summed E-state index contributed by atoms with van der Waals surface area (Å²) in [5, 5.41) is 6.60. The second-order valence-corrected chi connectivity index (χ2v) is 6.23. The Bertz CT molecular complexity index is 596. The molecule has 2 rings (SSSR count). The first kappa shape index (κ1) is 16.5. The van der Waals surface area contributed by atoms with Crippen LogP contribution in [0.4, 0.5) is 0 Å². The quantitative estimate of drug-likeness (QED) is 0.758. The van der Waals surface area contributed by atoms with Crippen LogP contribution < -0.4 is 5.32 Å². The second-order valence-electron chi connectivity index (χ2n) is 5.12. The molecule has 1 amide bonds. The van der Waals surface area contributed by atoms with Crippen molar-refractivity contribution in [2.24, 2.45) is 0 Å². The van der Waals surface area contributed by atoms with Gasteiger partial charge in [0.1, 0.15) is 0 Å². The maximum absolute atomic E-state index is 11.7. The van der Waals surface area contributed by atoms with E-state index in [-0.39, 0.29) is 5.91 Å². The van der Waals surface area contributed by atoms with Crippen LogP contribution in [-0.2, 0) is 17.0 Å². The van der Waals surface area contributed by atoms with Crippen molar-refractivity contribution in [1.29, 1.82) is 0 Å². The Morgan fingerprint density at radius 1 is 1.27 bits per heavy atom. The molecule has 0 bridgehead atoms. The summed E-state index contributed by atoms with van der Waals surface area (Å²) in [4.78, 5) is 15.8. The number of nitrogens with zero attached hydrogens (tertiary/aromatic N) is 2. The number of carbonyl (C=O) groups is 1. The fraction of sp³-hybridized carbons (Fsp3) is 0.438. The minimum Gasteiger partial charge on any atom is -0.355 e. The van der Waals surface area contributed by atoms with Crippen LogP contribution in [-0.4, -0.2) is 28.3 Å². The molecule has 2 aromatic rings. The van der Waals surface area contributed by atoms with Gasteiger partial charge in [0.05, 0.1) is 0 Å². The minimum atomic E-state index is 0.0202. The van der Waals surface area contributed by atoms with Gasteiger partial charge in [-0.05, 0) is 19.4 Å². The molecule has 0 unspecified atom stereocenters. The maximum atomic E-state index is 11.7. The van der Waals surface area contributed by atoms with Gasteiger partial charge in [0.25, 0.3) is 0 Å². The van der Waals surface area contributed by atoms with E-state index in [0.717, 1.165) is 11.5 Å². The van der Waals surface area contributed by atoms with Crippen LogP contribution in [0.25, 0.3) is 0 Å². The summed E-state index contributed by atoms with van der Waals surface area (Å²) in [7, 11) is 0. The smallest absolute Gasteiger partial charge is 0.227 e. The van der Waals surface area contributed by atoms with E-state index in [2.05, 4.69) is 46.6 Å². The highest BCUT2D eigenvalue weighted by Gasteiger charge is 2.06. The molecule has 1 aromatic heterocycles. The van der Waals surface area contributed by atoms with Crippen LogP contribution in [0.5, 0.6) is 0 Å². The van der Waals surface area contributed by atoms with Crippen molar-refractivity contribution in [1.82, 2.24) is 15.5 Å². The van der Waals surface area contributed by atoms with Gasteiger partial charge in [-0.1, -0.05) is 35.0 Å². The lowest BCUT2D eigenvalue weighted by molar-refractivity contribution is -0.121. The number of benzene rings is 1. The molecule has 1 aromatic carbocycles. The Kier molecular flexibility index (Phi) is 6.45. The van der Waals surface area contributed by atoms with Crippen molar-refractivity contribution < 1.29 is 9.32 Å².